The minimum Gasteiger partial charge on any atom is -0.446 e. The molecule has 0 aliphatic rings. The number of furan rings is 1. The van der Waals surface area contributed by atoms with Gasteiger partial charge in [0.1, 0.15) is 0 Å². The lowest BCUT2D eigenvalue weighted by Crippen LogP contribution is -2.23. The van der Waals surface area contributed by atoms with E-state index in [4.69, 9.17) is 10.2 Å². The first-order chi connectivity index (χ1) is 11.5. The van der Waals surface area contributed by atoms with Gasteiger partial charge < -0.3 is 10.2 Å². The lowest BCUT2D eigenvalue weighted by Gasteiger charge is -2.11. The molecule has 2 heterocycles. The maximum absolute atomic E-state index is 11.4. The van der Waals surface area contributed by atoms with Crippen molar-refractivity contribution in [2.24, 2.45) is 5.73 Å². The minimum absolute atomic E-state index is 0.392. The number of hydrogen-bond acceptors (Lipinski definition) is 5. The van der Waals surface area contributed by atoms with Gasteiger partial charge in [0.15, 0.2) is 15.6 Å². The third-order valence-corrected chi connectivity index (χ3v) is 4.90. The van der Waals surface area contributed by atoms with E-state index in [0.717, 1.165) is 5.56 Å². The van der Waals surface area contributed by atoms with Gasteiger partial charge in [0.2, 0.25) is 11.7 Å². The third-order valence-electron chi connectivity index (χ3n) is 3.38. The molecule has 8 heteroatoms. The summed E-state index contributed by atoms with van der Waals surface area (Å²) in [6.07, 6.45) is 0. The summed E-state index contributed by atoms with van der Waals surface area (Å²) in [6.45, 7) is 2.31. The van der Waals surface area contributed by atoms with Gasteiger partial charge in [-0.05, 0) is 40.5 Å². The summed E-state index contributed by atoms with van der Waals surface area (Å²) in [4.78, 5) is 11.4. The summed E-state index contributed by atoms with van der Waals surface area (Å²) in [6, 6.07) is 13.6. The summed E-state index contributed by atoms with van der Waals surface area (Å²) in [7, 11) is 0. The average molecular weight is 407 g/mol. The minimum atomic E-state index is -0.403. The fraction of sp³-hybridized carbons (Fsp3) is 0.188. The number of amides is 1. The number of aromatic nitrogens is 3. The smallest absolute Gasteiger partial charge is 0.230 e. The largest absolute Gasteiger partial charge is 0.446 e. The Labute approximate surface area is 151 Å². The number of benzene rings is 1. The van der Waals surface area contributed by atoms with E-state index in [-0.39, 0.29) is 0 Å². The molecule has 0 spiro atoms. The highest BCUT2D eigenvalue weighted by atomic mass is 79.9. The second-order valence-electron chi connectivity index (χ2n) is 5.14. The highest BCUT2D eigenvalue weighted by Gasteiger charge is 2.21. The predicted molar refractivity (Wildman–Crippen MR) is 95.5 cm³/mol. The van der Waals surface area contributed by atoms with Gasteiger partial charge >= 0.3 is 0 Å². The van der Waals surface area contributed by atoms with E-state index >= 15 is 0 Å². The number of rotatable bonds is 6. The molecule has 1 atom stereocenters. The maximum Gasteiger partial charge on any atom is 0.230 e. The van der Waals surface area contributed by atoms with Crippen LogP contribution >= 0.6 is 27.7 Å². The van der Waals surface area contributed by atoms with Crippen LogP contribution in [0, 0.1) is 0 Å². The molecule has 0 aliphatic carbocycles. The highest BCUT2D eigenvalue weighted by Crippen LogP contribution is 2.29. The molecular formula is C16H15BrN4O2S. The quantitative estimate of drug-likeness (QED) is 0.634. The molecule has 3 aromatic rings. The van der Waals surface area contributed by atoms with Crippen LogP contribution in [0.2, 0.25) is 0 Å². The monoisotopic (exact) mass is 406 g/mol. The Hall–Kier alpha value is -2.06. The molecule has 0 bridgehead atoms. The summed E-state index contributed by atoms with van der Waals surface area (Å²) in [5.74, 6) is 0.809. The molecule has 0 aliphatic heterocycles. The van der Waals surface area contributed by atoms with Gasteiger partial charge in [-0.1, -0.05) is 42.1 Å². The Morgan fingerprint density at radius 2 is 2.04 bits per heavy atom. The Kier molecular flexibility index (Phi) is 5.06. The lowest BCUT2D eigenvalue weighted by molar-refractivity contribution is -0.117. The van der Waals surface area contributed by atoms with Crippen molar-refractivity contribution in [2.75, 3.05) is 0 Å². The Balaban J connectivity index is 2.00. The number of thioether (sulfide) groups is 1. The molecular weight excluding hydrogens is 392 g/mol. The Morgan fingerprint density at radius 3 is 2.67 bits per heavy atom. The summed E-state index contributed by atoms with van der Waals surface area (Å²) in [5, 5.41) is 8.66. The summed E-state index contributed by atoms with van der Waals surface area (Å²) in [5.41, 5.74) is 6.46. The number of nitrogens with two attached hydrogens (primary N) is 1. The molecule has 0 radical (unpaired) electrons. The second kappa shape index (κ2) is 7.23. The van der Waals surface area contributed by atoms with Crippen LogP contribution in [0.3, 0.4) is 0 Å². The number of primary amides is 1. The van der Waals surface area contributed by atoms with Crippen LogP contribution in [0.25, 0.3) is 11.6 Å². The molecule has 1 aromatic carbocycles. The van der Waals surface area contributed by atoms with E-state index in [1.165, 1.54) is 11.8 Å². The van der Waals surface area contributed by atoms with Gasteiger partial charge in [-0.25, -0.2) is 0 Å². The van der Waals surface area contributed by atoms with Crippen LogP contribution < -0.4 is 5.73 Å². The first-order valence-electron chi connectivity index (χ1n) is 7.23. The number of nitrogens with zero attached hydrogens (tertiary/aromatic N) is 3. The molecule has 2 N–H and O–H groups in total. The van der Waals surface area contributed by atoms with Gasteiger partial charge in [0.25, 0.3) is 0 Å². The Morgan fingerprint density at radius 1 is 1.29 bits per heavy atom. The SMILES string of the molecule is C[C@H](Sc1nnc(-c2ccc(Br)o2)n1Cc1ccccc1)C(N)=O. The van der Waals surface area contributed by atoms with Crippen molar-refractivity contribution in [1.82, 2.24) is 14.8 Å². The average Bonchev–Trinajstić information content (AvgIpc) is 3.15. The van der Waals surface area contributed by atoms with Gasteiger partial charge in [0, 0.05) is 0 Å². The van der Waals surface area contributed by atoms with Crippen LogP contribution in [0.5, 0.6) is 0 Å². The topological polar surface area (TPSA) is 86.9 Å². The van der Waals surface area contributed by atoms with Crippen molar-refractivity contribution in [2.45, 2.75) is 23.9 Å². The fourth-order valence-corrected chi connectivity index (χ4v) is 3.22. The van der Waals surface area contributed by atoms with Crippen LogP contribution in [0.1, 0.15) is 12.5 Å². The van der Waals surface area contributed by atoms with E-state index in [0.29, 0.717) is 28.0 Å². The predicted octanol–water partition coefficient (Wildman–Crippen LogP) is 3.31. The molecule has 0 saturated carbocycles. The van der Waals surface area contributed by atoms with Crippen LogP contribution in [0.4, 0.5) is 0 Å². The first-order valence-corrected chi connectivity index (χ1v) is 8.90. The Bertz CT molecular complexity index is 847. The fourth-order valence-electron chi connectivity index (χ4n) is 2.12. The zero-order valence-corrected chi connectivity index (χ0v) is 15.3. The molecule has 3 rings (SSSR count). The van der Waals surface area contributed by atoms with Crippen molar-refractivity contribution in [3.8, 4) is 11.6 Å². The van der Waals surface area contributed by atoms with Crippen molar-refractivity contribution in [3.05, 3.63) is 52.7 Å². The van der Waals surface area contributed by atoms with Gasteiger partial charge in [-0.15, -0.1) is 10.2 Å². The normalized spacial score (nSPS) is 12.2. The second-order valence-corrected chi connectivity index (χ2v) is 7.23. The number of halogens is 1. The van der Waals surface area contributed by atoms with Gasteiger partial charge in [-0.2, -0.15) is 0 Å². The van der Waals surface area contributed by atoms with Gasteiger partial charge in [-0.3, -0.25) is 9.36 Å². The molecule has 0 unspecified atom stereocenters. The highest BCUT2D eigenvalue weighted by molar-refractivity contribution is 9.10. The number of carbonyl (C=O) groups excluding carboxylic acids is 1. The molecule has 0 saturated heterocycles. The zero-order chi connectivity index (χ0) is 17.1. The summed E-state index contributed by atoms with van der Waals surface area (Å²) < 4.78 is 8.14. The number of carbonyl (C=O) groups is 1. The van der Waals surface area contributed by atoms with Crippen molar-refractivity contribution in [1.29, 1.82) is 0 Å². The van der Waals surface area contributed by atoms with Crippen LogP contribution in [-0.2, 0) is 11.3 Å². The van der Waals surface area contributed by atoms with Crippen LogP contribution in [-0.4, -0.2) is 25.9 Å². The van der Waals surface area contributed by atoms with E-state index in [1.807, 2.05) is 41.0 Å². The van der Waals surface area contributed by atoms with E-state index in [2.05, 4.69) is 26.1 Å². The molecule has 0 fully saturated rings. The maximum atomic E-state index is 11.4. The van der Waals surface area contributed by atoms with Crippen molar-refractivity contribution in [3.63, 3.8) is 0 Å². The summed E-state index contributed by atoms with van der Waals surface area (Å²) >= 11 is 4.58. The third kappa shape index (κ3) is 3.70. The van der Waals surface area contributed by atoms with E-state index in [1.54, 1.807) is 13.0 Å². The van der Waals surface area contributed by atoms with Crippen molar-refractivity contribution >= 4 is 33.6 Å². The van der Waals surface area contributed by atoms with E-state index < -0.39 is 11.2 Å². The van der Waals surface area contributed by atoms with Gasteiger partial charge in [0.05, 0.1) is 11.8 Å². The van der Waals surface area contributed by atoms with Crippen molar-refractivity contribution < 1.29 is 9.21 Å². The van der Waals surface area contributed by atoms with E-state index in [9.17, 15) is 4.79 Å². The molecule has 2 aromatic heterocycles. The molecule has 24 heavy (non-hydrogen) atoms. The zero-order valence-electron chi connectivity index (χ0n) is 12.8. The lowest BCUT2D eigenvalue weighted by atomic mass is 10.2. The molecule has 1 amide bonds. The molecule has 124 valence electrons. The standard InChI is InChI=1S/C16H15BrN4O2S/c1-10(14(18)22)24-16-20-19-15(12-7-8-13(17)23-12)21(16)9-11-5-3-2-4-6-11/h2-8,10H,9H2,1H3,(H2,18,22)/t10-/m0/s1. The first kappa shape index (κ1) is 16.8. The van der Waals surface area contributed by atoms with Crippen LogP contribution in [0.15, 0.2) is 56.7 Å². The molecule has 6 nitrogen and oxygen atoms in total. The number of hydrogen-bond donors (Lipinski definition) is 1.